The van der Waals surface area contributed by atoms with Gasteiger partial charge >= 0.3 is 24.4 Å². The molecule has 4 aliphatic carbocycles. The number of hydrogen-bond acceptors (Lipinski definition) is 16. The Bertz CT molecular complexity index is 5100. The second kappa shape index (κ2) is 31.0. The fourth-order valence-corrected chi connectivity index (χ4v) is 18.8. The van der Waals surface area contributed by atoms with Gasteiger partial charge in [-0.25, -0.2) is 29.1 Å². The Balaban J connectivity index is 0.000000176. The van der Waals surface area contributed by atoms with E-state index in [1.54, 1.807) is 77.1 Å². The largest absolute Gasteiger partial charge is 0.453 e. The molecule has 29 heteroatoms. The van der Waals surface area contributed by atoms with Crippen LogP contribution >= 0.6 is 0 Å². The number of carbonyl (C=O) groups is 7. The fourth-order valence-electron chi connectivity index (χ4n) is 18.8. The van der Waals surface area contributed by atoms with Crippen molar-refractivity contribution in [3.05, 3.63) is 143 Å². The van der Waals surface area contributed by atoms with Crippen molar-refractivity contribution >= 4 is 64.7 Å². The number of imidazole rings is 2. The van der Waals surface area contributed by atoms with Gasteiger partial charge in [-0.15, -0.1) is 0 Å². The van der Waals surface area contributed by atoms with E-state index in [4.69, 9.17) is 33.7 Å². The first kappa shape index (κ1) is 80.1. The molecule has 2 spiro atoms. The summed E-state index contributed by atoms with van der Waals surface area (Å²) in [6, 6.07) is 17.1. The number of methoxy groups -OCH3 is 3. The highest BCUT2D eigenvalue weighted by molar-refractivity contribution is 6.06. The normalized spacial score (nSPS) is 22.7. The summed E-state index contributed by atoms with van der Waals surface area (Å²) < 4.78 is 91.6. The van der Waals surface area contributed by atoms with E-state index in [1.807, 2.05) is 76.5 Å². The second-order valence-electron chi connectivity index (χ2n) is 35.1. The minimum atomic E-state index is -3.28. The molecule has 5 N–H and O–H groups in total. The van der Waals surface area contributed by atoms with E-state index in [1.165, 1.54) is 33.5 Å². The van der Waals surface area contributed by atoms with Crippen molar-refractivity contribution in [3.63, 3.8) is 0 Å². The number of carbonyl (C=O) groups excluding carboxylic acids is 7. The fraction of sp³-hybridized carbons (Fsp3) is 0.511. The highest BCUT2D eigenvalue weighted by Gasteiger charge is 2.58. The highest BCUT2D eigenvalue weighted by Crippen LogP contribution is 2.59. The molecule has 7 fully saturated rings. The van der Waals surface area contributed by atoms with E-state index in [0.717, 1.165) is 80.4 Å². The summed E-state index contributed by atoms with van der Waals surface area (Å²) in [5.41, 5.74) is 7.92. The molecule has 2 saturated carbocycles. The number of amides is 7. The molecular formula is C88H101F4N13O12. The van der Waals surface area contributed by atoms with E-state index in [9.17, 15) is 33.6 Å². The number of rotatable bonds is 17. The van der Waals surface area contributed by atoms with Crippen LogP contribution in [0.2, 0.25) is 0 Å². The maximum atomic E-state index is 16.6. The number of aliphatic imine (C=N–C) groups is 2. The van der Waals surface area contributed by atoms with Gasteiger partial charge in [0.15, 0.2) is 0 Å². The lowest BCUT2D eigenvalue weighted by atomic mass is 9.90. The number of nitrogens with one attached hydrogen (secondary N) is 5. The number of H-pyrrole nitrogens is 2. The van der Waals surface area contributed by atoms with Gasteiger partial charge in [0.05, 0.1) is 69.3 Å². The van der Waals surface area contributed by atoms with Crippen LogP contribution in [-0.2, 0) is 49.9 Å². The summed E-state index contributed by atoms with van der Waals surface area (Å²) >= 11 is 0. The quantitative estimate of drug-likeness (QED) is 0.0419. The third kappa shape index (κ3) is 15.4. The number of alkyl halides is 4. The molecular weight excluding hydrogens is 1510 g/mol. The maximum Gasteiger partial charge on any atom is 0.410 e. The number of hydrogen-bond donors (Lipinski definition) is 5. The molecule has 7 atom stereocenters. The molecule has 7 amide bonds. The number of allylic oxidation sites excluding steroid dienone is 2. The van der Waals surface area contributed by atoms with Crippen molar-refractivity contribution in [1.29, 1.82) is 0 Å². The third-order valence-electron chi connectivity index (χ3n) is 25.6. The molecule has 17 rings (SSSR count). The van der Waals surface area contributed by atoms with Gasteiger partial charge in [0.1, 0.15) is 35.4 Å². The molecule has 2 aromatic heterocycles. The SMILES string of the molecule is COC(=O)NC(C(=O)N1CCC[C@H]1c1ncc(-c2ccc3c(c2)C(F)(F)c2cc(C4=CN=C([C@@H]5CC6(CC6)CN5C(=O)[C@@H](NC(=O)OC)C(C)C)C4)ccc2-3)[nH]1)C1CCOCC1.COC(=O)N[C@H](C(=O)N1CC2(CC2)C[C@H]1C1=NC=C(c2ccc3c(c2)C(F)(F)c2cc(-c4cnc([C@@H]5CCCN5C(=O)OC(C)(C)C)[nH]4)ccc2-3)C1)C(C)C. The van der Waals surface area contributed by atoms with Crippen LogP contribution in [0, 0.1) is 28.6 Å². The van der Waals surface area contributed by atoms with Crippen molar-refractivity contribution in [2.45, 2.75) is 198 Å². The maximum absolute atomic E-state index is 16.6. The Morgan fingerprint density at radius 1 is 0.513 bits per heavy atom. The van der Waals surface area contributed by atoms with Gasteiger partial charge in [0.25, 0.3) is 11.8 Å². The summed E-state index contributed by atoms with van der Waals surface area (Å²) in [4.78, 5) is 124. The van der Waals surface area contributed by atoms with E-state index >= 15 is 17.6 Å². The third-order valence-corrected chi connectivity index (χ3v) is 25.6. The summed E-state index contributed by atoms with van der Waals surface area (Å²) in [5.74, 6) is -6.33. The van der Waals surface area contributed by atoms with E-state index < -0.39 is 59.9 Å². The molecule has 9 heterocycles. The zero-order valence-electron chi connectivity index (χ0n) is 67.6. The standard InChI is InChI=1S/C46H53F2N7O7.C42H48F2N6O5/c1-25(2)38(52-43(58)60-3)41(56)55-24-45(13-14-45)21-37(55)34-20-29(22-49-34)27-7-9-30-31-10-8-28(19-33(31)46(47,48)32(30)18-27)35-23-50-40(51-35)36-6-5-15-54(36)42(57)39(53-44(59)61-4)26-11-16-62-17-12-26;1-23(2)35(48-38(52)54-6)37(51)50-22-41(13-14-41)19-34(50)31-18-26(20-45-31)24-9-11-27-28-12-10-25(17-30(28)42(43,44)29(27)16-24)32-21-46-36(47-32)33-8-7-15-49(33)39(53)55-40(3,4)5/h7-10,18-19,22-23,25-26,36-39H,5-6,11-17,20-21,24H2,1-4H3,(H,50,51)(H,52,58)(H,53,59);9-12,16-17,20-21,23,33-35H,7-8,13-15,18-19,22H2,1-6H3,(H,46,47)(H,48,52)/t36-,37-,38-,39?;33-,34-,35-/m00/s1. The Labute approximate surface area is 676 Å². The number of benzene rings is 4. The monoisotopic (exact) mass is 1610 g/mol. The van der Waals surface area contributed by atoms with Crippen LogP contribution in [0.1, 0.15) is 195 Å². The zero-order valence-corrected chi connectivity index (χ0v) is 67.6. The molecule has 25 nitrogen and oxygen atoms in total. The average Bonchev–Trinajstić information content (AvgIpc) is 1.57. The van der Waals surface area contributed by atoms with Crippen LogP contribution in [0.15, 0.2) is 108 Å². The lowest BCUT2D eigenvalue weighted by Crippen LogP contribution is -2.53. The molecule has 11 aliphatic rings. The Kier molecular flexibility index (Phi) is 21.2. The molecule has 6 aromatic rings. The number of likely N-dealkylation sites (tertiary alicyclic amines) is 4. The predicted octanol–water partition coefficient (Wildman–Crippen LogP) is 15.2. The molecule has 4 aromatic carbocycles. The number of nitrogens with zero attached hydrogens (tertiary/aromatic N) is 8. The Morgan fingerprint density at radius 3 is 1.31 bits per heavy atom. The van der Waals surface area contributed by atoms with Crippen LogP contribution in [-0.4, -0.2) is 190 Å². The molecule has 5 saturated heterocycles. The highest BCUT2D eigenvalue weighted by atomic mass is 19.3. The van der Waals surface area contributed by atoms with Crippen molar-refractivity contribution in [1.82, 2.24) is 55.5 Å². The summed E-state index contributed by atoms with van der Waals surface area (Å²) in [5, 5.41) is 8.19. The molecule has 1 unspecified atom stereocenters. The summed E-state index contributed by atoms with van der Waals surface area (Å²) in [6.07, 6.45) is 15.1. The van der Waals surface area contributed by atoms with Gasteiger partial charge in [-0.2, -0.15) is 17.6 Å². The minimum absolute atomic E-state index is 0.0467. The first-order chi connectivity index (χ1) is 55.9. The number of aromatic amines is 2. The van der Waals surface area contributed by atoms with Crippen LogP contribution in [0.3, 0.4) is 0 Å². The minimum Gasteiger partial charge on any atom is -0.453 e. The number of fused-ring (bicyclic) bond motifs is 6. The number of ether oxygens (including phenoxy) is 5. The van der Waals surface area contributed by atoms with Gasteiger partial charge in [0, 0.05) is 109 Å². The predicted molar refractivity (Wildman–Crippen MR) is 428 cm³/mol. The number of alkyl carbamates (subject to hydrolysis) is 3. The summed E-state index contributed by atoms with van der Waals surface area (Å²) in [6.45, 7) is 16.3. The van der Waals surface area contributed by atoms with E-state index in [-0.39, 0.29) is 92.7 Å². The number of halogens is 4. The van der Waals surface area contributed by atoms with Gasteiger partial charge in [-0.1, -0.05) is 76.2 Å². The molecule has 618 valence electrons. The zero-order chi connectivity index (χ0) is 82.5. The average molecular weight is 1610 g/mol. The molecule has 7 aliphatic heterocycles. The van der Waals surface area contributed by atoms with Gasteiger partial charge < -0.3 is 64.3 Å². The van der Waals surface area contributed by atoms with Crippen LogP contribution in [0.5, 0.6) is 0 Å². The topological polar surface area (TPSA) is 297 Å². The van der Waals surface area contributed by atoms with Gasteiger partial charge in [-0.05, 0) is 195 Å². The van der Waals surface area contributed by atoms with Crippen molar-refractivity contribution < 1.29 is 74.8 Å². The Hall–Kier alpha value is -10.7. The first-order valence-corrected chi connectivity index (χ1v) is 40.9. The molecule has 0 bridgehead atoms. The number of aromatic nitrogens is 4. The van der Waals surface area contributed by atoms with Crippen molar-refractivity contribution in [2.75, 3.05) is 60.7 Å². The van der Waals surface area contributed by atoms with Gasteiger partial charge in [0.2, 0.25) is 17.7 Å². The molecule has 117 heavy (non-hydrogen) atoms. The van der Waals surface area contributed by atoms with Crippen LogP contribution < -0.4 is 16.0 Å². The lowest BCUT2D eigenvalue weighted by Gasteiger charge is -2.34. The second-order valence-corrected chi connectivity index (χ2v) is 35.1. The van der Waals surface area contributed by atoms with Crippen molar-refractivity contribution in [2.24, 2.45) is 38.6 Å². The first-order valence-electron chi connectivity index (χ1n) is 40.9. The van der Waals surface area contributed by atoms with E-state index in [0.29, 0.717) is 139 Å². The van der Waals surface area contributed by atoms with Crippen LogP contribution in [0.4, 0.5) is 36.7 Å². The molecule has 0 radical (unpaired) electrons. The smallest absolute Gasteiger partial charge is 0.410 e. The van der Waals surface area contributed by atoms with E-state index in [2.05, 4.69) is 35.9 Å². The van der Waals surface area contributed by atoms with Gasteiger partial charge in [-0.3, -0.25) is 29.3 Å². The summed E-state index contributed by atoms with van der Waals surface area (Å²) in [7, 11) is 3.82. The van der Waals surface area contributed by atoms with Crippen molar-refractivity contribution in [3.8, 4) is 44.8 Å². The Morgan fingerprint density at radius 2 is 0.906 bits per heavy atom. The lowest BCUT2D eigenvalue weighted by molar-refractivity contribution is -0.137. The van der Waals surface area contributed by atoms with Crippen LogP contribution in [0.25, 0.3) is 55.9 Å².